The SMILES string of the molecule is CC(C)(C)C1CCc2c(sc(NC(=O)c3ccc(C(=O)Nc4sc5c(c4C#N)CCC(C(C)(C)C)C5)cc3)c2C#N)C1. The Morgan fingerprint density at radius 1 is 0.714 bits per heavy atom. The fraction of sp³-hybridized carbons (Fsp3) is 0.471. The molecule has 2 amide bonds. The third-order valence-corrected chi connectivity index (χ3v) is 11.4. The molecule has 2 heterocycles. The van der Waals surface area contributed by atoms with E-state index in [4.69, 9.17) is 0 Å². The van der Waals surface area contributed by atoms with Crippen LogP contribution in [0.5, 0.6) is 0 Å². The summed E-state index contributed by atoms with van der Waals surface area (Å²) in [6.07, 6.45) is 5.65. The topological polar surface area (TPSA) is 106 Å². The van der Waals surface area contributed by atoms with Crippen LogP contribution < -0.4 is 10.6 Å². The average Bonchev–Trinajstić information content (AvgIpc) is 3.47. The van der Waals surface area contributed by atoms with Crippen LogP contribution in [0.3, 0.4) is 0 Å². The third-order valence-electron chi connectivity index (χ3n) is 9.07. The van der Waals surface area contributed by atoms with Crippen molar-refractivity contribution in [2.75, 3.05) is 10.6 Å². The Bertz CT molecular complexity index is 1500. The molecule has 0 bridgehead atoms. The lowest BCUT2D eigenvalue weighted by Gasteiger charge is -2.33. The minimum absolute atomic E-state index is 0.195. The molecule has 0 aliphatic heterocycles. The van der Waals surface area contributed by atoms with Crippen LogP contribution in [0.25, 0.3) is 0 Å². The molecule has 0 saturated heterocycles. The smallest absolute Gasteiger partial charge is 0.256 e. The van der Waals surface area contributed by atoms with Crippen LogP contribution >= 0.6 is 22.7 Å². The summed E-state index contributed by atoms with van der Waals surface area (Å²) in [5.74, 6) is 0.467. The van der Waals surface area contributed by atoms with Crippen LogP contribution in [0, 0.1) is 45.3 Å². The number of rotatable bonds is 4. The molecular weight excluding hydrogens is 561 g/mol. The lowest BCUT2D eigenvalue weighted by molar-refractivity contribution is 0.101. The van der Waals surface area contributed by atoms with Crippen molar-refractivity contribution in [3.8, 4) is 12.1 Å². The number of nitrogens with one attached hydrogen (secondary N) is 2. The highest BCUT2D eigenvalue weighted by molar-refractivity contribution is 7.17. The molecule has 6 nitrogen and oxygen atoms in total. The van der Waals surface area contributed by atoms with Crippen molar-refractivity contribution in [2.24, 2.45) is 22.7 Å². The van der Waals surface area contributed by atoms with E-state index >= 15 is 0 Å². The van der Waals surface area contributed by atoms with Crippen molar-refractivity contribution in [3.05, 3.63) is 67.4 Å². The van der Waals surface area contributed by atoms with Crippen LogP contribution in [0.2, 0.25) is 0 Å². The van der Waals surface area contributed by atoms with Gasteiger partial charge in [0.25, 0.3) is 11.8 Å². The number of thiophene rings is 2. The summed E-state index contributed by atoms with van der Waals surface area (Å²) in [4.78, 5) is 28.7. The maximum absolute atomic E-state index is 13.1. The summed E-state index contributed by atoms with van der Waals surface area (Å²) in [5.41, 5.74) is 4.51. The van der Waals surface area contributed by atoms with Gasteiger partial charge in [-0.1, -0.05) is 41.5 Å². The molecule has 5 rings (SSSR count). The molecule has 0 radical (unpaired) electrons. The number of hydrogen-bond acceptors (Lipinski definition) is 6. The van der Waals surface area contributed by atoms with Gasteiger partial charge in [-0.3, -0.25) is 9.59 Å². The molecule has 3 aromatic rings. The van der Waals surface area contributed by atoms with Crippen molar-refractivity contribution in [1.29, 1.82) is 10.5 Å². The zero-order valence-corrected chi connectivity index (χ0v) is 26.9. The summed E-state index contributed by atoms with van der Waals surface area (Å²) < 4.78 is 0. The summed E-state index contributed by atoms with van der Waals surface area (Å²) >= 11 is 3.02. The second kappa shape index (κ2) is 11.3. The number of fused-ring (bicyclic) bond motifs is 2. The van der Waals surface area contributed by atoms with Gasteiger partial charge in [-0.05, 0) is 96.6 Å². The van der Waals surface area contributed by atoms with Gasteiger partial charge in [-0.15, -0.1) is 22.7 Å². The summed E-state index contributed by atoms with van der Waals surface area (Å²) in [6.45, 7) is 13.5. The monoisotopic (exact) mass is 598 g/mol. The molecule has 2 unspecified atom stereocenters. The van der Waals surface area contributed by atoms with Crippen molar-refractivity contribution in [2.45, 2.75) is 80.1 Å². The molecule has 2 aliphatic carbocycles. The summed E-state index contributed by atoms with van der Waals surface area (Å²) in [6, 6.07) is 11.1. The molecule has 0 saturated carbocycles. The number of anilines is 2. The fourth-order valence-corrected chi connectivity index (χ4v) is 8.73. The first kappa shape index (κ1) is 30.0. The maximum atomic E-state index is 13.1. The predicted molar refractivity (Wildman–Crippen MR) is 170 cm³/mol. The molecule has 0 spiro atoms. The lowest BCUT2D eigenvalue weighted by atomic mass is 9.72. The highest BCUT2D eigenvalue weighted by atomic mass is 32.1. The van der Waals surface area contributed by atoms with Crippen molar-refractivity contribution in [1.82, 2.24) is 0 Å². The zero-order valence-electron chi connectivity index (χ0n) is 25.2. The van der Waals surface area contributed by atoms with Crippen molar-refractivity contribution < 1.29 is 9.59 Å². The Morgan fingerprint density at radius 2 is 1.07 bits per heavy atom. The molecular formula is C34H38N4O2S2. The second-order valence-corrected chi connectivity index (χ2v) is 15.9. The van der Waals surface area contributed by atoms with E-state index in [1.54, 1.807) is 24.3 Å². The minimum atomic E-state index is -0.310. The number of carbonyl (C=O) groups is 2. The number of nitriles is 2. The second-order valence-electron chi connectivity index (χ2n) is 13.7. The van der Waals surface area contributed by atoms with E-state index in [-0.39, 0.29) is 22.6 Å². The first-order chi connectivity index (χ1) is 19.8. The molecule has 218 valence electrons. The van der Waals surface area contributed by atoms with E-state index in [2.05, 4.69) is 64.3 Å². The summed E-state index contributed by atoms with van der Waals surface area (Å²) in [7, 11) is 0. The highest BCUT2D eigenvalue weighted by Crippen LogP contribution is 2.45. The van der Waals surface area contributed by atoms with Gasteiger partial charge in [0.15, 0.2) is 0 Å². The van der Waals surface area contributed by atoms with Crippen LogP contribution in [0.4, 0.5) is 10.0 Å². The Kier molecular flexibility index (Phi) is 8.09. The van der Waals surface area contributed by atoms with Gasteiger partial charge in [-0.25, -0.2) is 0 Å². The fourth-order valence-electron chi connectivity index (χ4n) is 6.19. The quantitative estimate of drug-likeness (QED) is 0.315. The molecule has 1 aromatic carbocycles. The molecule has 42 heavy (non-hydrogen) atoms. The predicted octanol–water partition coefficient (Wildman–Crippen LogP) is 8.36. The number of carbonyl (C=O) groups excluding carboxylic acids is 2. The van der Waals surface area contributed by atoms with Gasteiger partial charge in [0.05, 0.1) is 11.1 Å². The average molecular weight is 599 g/mol. The molecule has 2 N–H and O–H groups in total. The van der Waals surface area contributed by atoms with E-state index < -0.39 is 0 Å². The molecule has 2 aliphatic rings. The van der Waals surface area contributed by atoms with Gasteiger partial charge >= 0.3 is 0 Å². The Balaban J connectivity index is 1.28. The first-order valence-corrected chi connectivity index (χ1v) is 16.3. The Morgan fingerprint density at radius 3 is 1.38 bits per heavy atom. The van der Waals surface area contributed by atoms with Crippen LogP contribution in [-0.2, 0) is 25.7 Å². The van der Waals surface area contributed by atoms with Crippen LogP contribution in [-0.4, -0.2) is 11.8 Å². The van der Waals surface area contributed by atoms with E-state index in [1.165, 1.54) is 32.4 Å². The van der Waals surface area contributed by atoms with Crippen LogP contribution in [0.1, 0.15) is 107 Å². The van der Waals surface area contributed by atoms with E-state index in [9.17, 15) is 20.1 Å². The lowest BCUT2D eigenvalue weighted by Crippen LogP contribution is -2.26. The zero-order chi connectivity index (χ0) is 30.4. The minimum Gasteiger partial charge on any atom is -0.312 e. The van der Waals surface area contributed by atoms with Crippen LogP contribution in [0.15, 0.2) is 24.3 Å². The number of nitrogens with zero attached hydrogens (tertiary/aromatic N) is 2. The number of hydrogen-bond donors (Lipinski definition) is 2. The van der Waals surface area contributed by atoms with Gasteiger partial charge in [0.1, 0.15) is 22.1 Å². The standard InChI is InChI=1S/C34H38N4O2S2/c1-33(2,3)21-11-13-23-25(17-35)31(41-27(23)15-21)37-29(39)19-7-9-20(10-8-19)30(40)38-32-26(18-36)24-14-12-22(34(4,5)6)16-28(24)42-32/h7-10,21-22H,11-16H2,1-6H3,(H,37,39)(H,38,40). The van der Waals surface area contributed by atoms with Gasteiger partial charge in [0, 0.05) is 20.9 Å². The Hall–Kier alpha value is -3.46. The Labute approximate surface area is 256 Å². The highest BCUT2D eigenvalue weighted by Gasteiger charge is 2.34. The van der Waals surface area contributed by atoms with E-state index in [1.807, 2.05) is 0 Å². The van der Waals surface area contributed by atoms with Crippen molar-refractivity contribution >= 4 is 44.5 Å². The molecule has 8 heteroatoms. The molecule has 0 fully saturated rings. The number of benzene rings is 1. The van der Waals surface area contributed by atoms with E-state index in [0.717, 1.165) is 49.7 Å². The molecule has 2 atom stereocenters. The largest absolute Gasteiger partial charge is 0.312 e. The third kappa shape index (κ3) is 5.89. The number of amides is 2. The van der Waals surface area contributed by atoms with Gasteiger partial charge in [0.2, 0.25) is 0 Å². The summed E-state index contributed by atoms with van der Waals surface area (Å²) in [5, 5.41) is 26.9. The normalized spacial score (nSPS) is 18.3. The van der Waals surface area contributed by atoms with Crippen molar-refractivity contribution in [3.63, 3.8) is 0 Å². The van der Waals surface area contributed by atoms with E-state index in [0.29, 0.717) is 44.1 Å². The maximum Gasteiger partial charge on any atom is 0.256 e. The van der Waals surface area contributed by atoms with Gasteiger partial charge < -0.3 is 10.6 Å². The first-order valence-electron chi connectivity index (χ1n) is 14.6. The molecule has 2 aromatic heterocycles. The van der Waals surface area contributed by atoms with Gasteiger partial charge in [-0.2, -0.15) is 10.5 Å².